The predicted octanol–water partition coefficient (Wildman–Crippen LogP) is 4.62. The Balaban J connectivity index is 1.95. The van der Waals surface area contributed by atoms with E-state index in [1.807, 2.05) is 18.2 Å². The lowest BCUT2D eigenvalue weighted by Gasteiger charge is -2.42. The van der Waals surface area contributed by atoms with Crippen molar-refractivity contribution in [1.29, 1.82) is 0 Å². The molecule has 1 saturated heterocycles. The Labute approximate surface area is 143 Å². The average molecular weight is 315 g/mol. The molecule has 1 aliphatic rings. The summed E-state index contributed by atoms with van der Waals surface area (Å²) in [4.78, 5) is 6.67. The highest BCUT2D eigenvalue weighted by molar-refractivity contribution is 5.47. The van der Waals surface area contributed by atoms with Crippen LogP contribution in [-0.4, -0.2) is 18.2 Å². The highest BCUT2D eigenvalue weighted by atomic mass is 16.7. The van der Waals surface area contributed by atoms with Crippen LogP contribution in [0.1, 0.15) is 23.1 Å². The van der Waals surface area contributed by atoms with E-state index in [4.69, 9.17) is 4.84 Å². The quantitative estimate of drug-likeness (QED) is 0.637. The zero-order valence-electron chi connectivity index (χ0n) is 13.6. The average Bonchev–Trinajstić information content (AvgIpc) is 2.64. The standard InChI is InChI=1S/C22H21NO/c1-4-11-19(12-5-1)22(24-23-17-10-18-23,20-13-6-2-7-14-20)21-15-8-3-9-16-21/h1-9,11-16H,10,17-18H2. The summed E-state index contributed by atoms with van der Waals surface area (Å²) in [6.45, 7) is 1.96. The summed E-state index contributed by atoms with van der Waals surface area (Å²) in [6.07, 6.45) is 1.19. The molecule has 0 atom stereocenters. The number of hydrogen-bond acceptors (Lipinski definition) is 2. The fourth-order valence-electron chi connectivity index (χ4n) is 3.25. The summed E-state index contributed by atoms with van der Waals surface area (Å²) in [5.74, 6) is 0. The van der Waals surface area contributed by atoms with Crippen molar-refractivity contribution in [2.75, 3.05) is 13.1 Å². The molecule has 2 heteroatoms. The molecule has 0 aliphatic carbocycles. The first-order valence-electron chi connectivity index (χ1n) is 8.50. The molecule has 0 bridgehead atoms. The van der Waals surface area contributed by atoms with Crippen molar-refractivity contribution in [2.24, 2.45) is 0 Å². The molecule has 0 saturated carbocycles. The number of rotatable bonds is 5. The monoisotopic (exact) mass is 315 g/mol. The Morgan fingerprint density at radius 2 is 0.958 bits per heavy atom. The zero-order chi connectivity index (χ0) is 16.2. The Kier molecular flexibility index (Phi) is 4.16. The second kappa shape index (κ2) is 6.60. The minimum absolute atomic E-state index is 0.621. The zero-order valence-corrected chi connectivity index (χ0v) is 13.6. The Hall–Kier alpha value is -2.42. The number of nitrogens with zero attached hydrogens (tertiary/aromatic N) is 1. The van der Waals surface area contributed by atoms with E-state index >= 15 is 0 Å². The van der Waals surface area contributed by atoms with Crippen molar-refractivity contribution in [3.63, 3.8) is 0 Å². The third-order valence-corrected chi connectivity index (χ3v) is 4.62. The fraction of sp³-hybridized carbons (Fsp3) is 0.182. The summed E-state index contributed by atoms with van der Waals surface area (Å²) in [7, 11) is 0. The van der Waals surface area contributed by atoms with Crippen LogP contribution >= 0.6 is 0 Å². The molecular formula is C22H21NO. The van der Waals surface area contributed by atoms with Gasteiger partial charge in [0.1, 0.15) is 0 Å². The van der Waals surface area contributed by atoms with E-state index in [1.165, 1.54) is 6.42 Å². The highest BCUT2D eigenvalue weighted by Crippen LogP contribution is 2.41. The van der Waals surface area contributed by atoms with Crippen LogP contribution in [0.15, 0.2) is 91.0 Å². The van der Waals surface area contributed by atoms with Gasteiger partial charge >= 0.3 is 0 Å². The first-order chi connectivity index (χ1) is 11.9. The molecular weight excluding hydrogens is 294 g/mol. The molecule has 1 fully saturated rings. The van der Waals surface area contributed by atoms with Gasteiger partial charge in [0.25, 0.3) is 0 Å². The van der Waals surface area contributed by atoms with Crippen LogP contribution in [0.5, 0.6) is 0 Å². The van der Waals surface area contributed by atoms with Gasteiger partial charge in [0, 0.05) is 13.1 Å². The van der Waals surface area contributed by atoms with Gasteiger partial charge in [-0.3, -0.25) is 4.84 Å². The Morgan fingerprint density at radius 3 is 1.25 bits per heavy atom. The second-order valence-electron chi connectivity index (χ2n) is 6.15. The van der Waals surface area contributed by atoms with Gasteiger partial charge in [-0.1, -0.05) is 91.0 Å². The summed E-state index contributed by atoms with van der Waals surface area (Å²) < 4.78 is 0. The normalized spacial score (nSPS) is 15.0. The van der Waals surface area contributed by atoms with Gasteiger partial charge in [-0.05, 0) is 23.1 Å². The molecule has 4 rings (SSSR count). The van der Waals surface area contributed by atoms with Crippen LogP contribution in [0.25, 0.3) is 0 Å². The molecule has 24 heavy (non-hydrogen) atoms. The minimum atomic E-state index is -0.621. The first kappa shape index (κ1) is 15.1. The lowest BCUT2D eigenvalue weighted by atomic mass is 9.80. The van der Waals surface area contributed by atoms with Crippen LogP contribution < -0.4 is 0 Å². The van der Waals surface area contributed by atoms with Gasteiger partial charge in [0.2, 0.25) is 0 Å². The summed E-state index contributed by atoms with van der Waals surface area (Å²) in [5.41, 5.74) is 2.82. The molecule has 3 aromatic rings. The Morgan fingerprint density at radius 1 is 0.583 bits per heavy atom. The van der Waals surface area contributed by atoms with Crippen molar-refractivity contribution < 1.29 is 4.84 Å². The molecule has 0 N–H and O–H groups in total. The molecule has 0 unspecified atom stereocenters. The van der Waals surface area contributed by atoms with Crippen molar-refractivity contribution >= 4 is 0 Å². The molecule has 3 aromatic carbocycles. The highest BCUT2D eigenvalue weighted by Gasteiger charge is 2.40. The molecule has 0 aromatic heterocycles. The van der Waals surface area contributed by atoms with E-state index in [9.17, 15) is 0 Å². The van der Waals surface area contributed by atoms with E-state index in [1.54, 1.807) is 0 Å². The van der Waals surface area contributed by atoms with Crippen molar-refractivity contribution in [3.8, 4) is 0 Å². The van der Waals surface area contributed by atoms with Crippen molar-refractivity contribution in [2.45, 2.75) is 12.0 Å². The fourth-order valence-corrected chi connectivity index (χ4v) is 3.25. The van der Waals surface area contributed by atoms with Crippen LogP contribution in [-0.2, 0) is 10.4 Å². The molecule has 1 aliphatic heterocycles. The smallest absolute Gasteiger partial charge is 0.165 e. The summed E-state index contributed by atoms with van der Waals surface area (Å²) >= 11 is 0. The predicted molar refractivity (Wildman–Crippen MR) is 96.5 cm³/mol. The van der Waals surface area contributed by atoms with Gasteiger partial charge < -0.3 is 0 Å². The van der Waals surface area contributed by atoms with E-state index in [-0.39, 0.29) is 0 Å². The van der Waals surface area contributed by atoms with Crippen LogP contribution in [0.3, 0.4) is 0 Å². The van der Waals surface area contributed by atoms with Crippen LogP contribution in [0, 0.1) is 0 Å². The maximum absolute atomic E-state index is 6.67. The summed E-state index contributed by atoms with van der Waals surface area (Å²) in [6, 6.07) is 31.5. The van der Waals surface area contributed by atoms with E-state index < -0.39 is 5.60 Å². The molecule has 2 nitrogen and oxygen atoms in total. The minimum Gasteiger partial charge on any atom is -0.278 e. The van der Waals surface area contributed by atoms with Gasteiger partial charge in [-0.25, -0.2) is 0 Å². The summed E-state index contributed by atoms with van der Waals surface area (Å²) in [5, 5.41) is 2.08. The van der Waals surface area contributed by atoms with Crippen molar-refractivity contribution in [1.82, 2.24) is 5.06 Å². The molecule has 0 amide bonds. The third-order valence-electron chi connectivity index (χ3n) is 4.62. The second-order valence-corrected chi connectivity index (χ2v) is 6.15. The first-order valence-corrected chi connectivity index (χ1v) is 8.50. The van der Waals surface area contributed by atoms with Gasteiger partial charge in [0.15, 0.2) is 5.60 Å². The van der Waals surface area contributed by atoms with E-state index in [0.717, 1.165) is 29.8 Å². The number of hydroxylamine groups is 2. The maximum Gasteiger partial charge on any atom is 0.165 e. The van der Waals surface area contributed by atoms with Crippen LogP contribution in [0.2, 0.25) is 0 Å². The number of hydrogen-bond donors (Lipinski definition) is 0. The topological polar surface area (TPSA) is 12.5 Å². The number of benzene rings is 3. The SMILES string of the molecule is c1ccc(C(ON2CCC2)(c2ccccc2)c2ccccc2)cc1. The third kappa shape index (κ3) is 2.64. The van der Waals surface area contributed by atoms with E-state index in [0.29, 0.717) is 0 Å². The van der Waals surface area contributed by atoms with Gasteiger partial charge in [-0.2, -0.15) is 5.06 Å². The lowest BCUT2D eigenvalue weighted by molar-refractivity contribution is -0.252. The molecule has 1 heterocycles. The molecule has 0 spiro atoms. The Bertz CT molecular complexity index is 670. The van der Waals surface area contributed by atoms with Crippen molar-refractivity contribution in [3.05, 3.63) is 108 Å². The maximum atomic E-state index is 6.67. The van der Waals surface area contributed by atoms with Gasteiger partial charge in [-0.15, -0.1) is 0 Å². The lowest BCUT2D eigenvalue weighted by Crippen LogP contribution is -2.46. The largest absolute Gasteiger partial charge is 0.278 e. The molecule has 120 valence electrons. The van der Waals surface area contributed by atoms with Gasteiger partial charge in [0.05, 0.1) is 0 Å². The van der Waals surface area contributed by atoms with Crippen LogP contribution in [0.4, 0.5) is 0 Å². The van der Waals surface area contributed by atoms with E-state index in [2.05, 4.69) is 77.9 Å². The molecule has 0 radical (unpaired) electrons.